The topological polar surface area (TPSA) is 34.9 Å². The van der Waals surface area contributed by atoms with E-state index >= 15 is 0 Å². The minimum Gasteiger partial charge on any atom is -0.287 e. The third-order valence-corrected chi connectivity index (χ3v) is 2.67. The molecule has 0 N–H and O–H groups in total. The van der Waals surface area contributed by atoms with Crippen LogP contribution < -0.4 is 0 Å². The Kier molecular flexibility index (Phi) is 3.38. The predicted octanol–water partition coefficient (Wildman–Crippen LogP) is 2.60. The number of nitrogens with zero attached hydrogens (tertiary/aromatic N) is 2. The van der Waals surface area contributed by atoms with Crippen LogP contribution in [0.2, 0.25) is 0 Å². The average molecular weight is 228 g/mol. The Labute approximate surface area is 101 Å². The van der Waals surface area contributed by atoms with Gasteiger partial charge in [0.25, 0.3) is 0 Å². The molecule has 0 unspecified atom stereocenters. The number of hydrogen-bond acceptors (Lipinski definition) is 2. The van der Waals surface area contributed by atoms with Gasteiger partial charge in [-0.25, -0.2) is 0 Å². The quantitative estimate of drug-likeness (QED) is 0.754. The lowest BCUT2D eigenvalue weighted by molar-refractivity contribution is 0.103. The van der Waals surface area contributed by atoms with Crippen molar-refractivity contribution in [3.8, 4) is 0 Å². The molecular formula is C14H16N2O. The van der Waals surface area contributed by atoms with Gasteiger partial charge >= 0.3 is 0 Å². The molecule has 0 spiro atoms. The van der Waals surface area contributed by atoms with Crippen molar-refractivity contribution < 1.29 is 4.79 Å². The van der Waals surface area contributed by atoms with E-state index in [9.17, 15) is 4.79 Å². The average Bonchev–Trinajstić information content (AvgIpc) is 2.76. The summed E-state index contributed by atoms with van der Waals surface area (Å²) in [6, 6.07) is 9.53. The van der Waals surface area contributed by atoms with Crippen molar-refractivity contribution >= 4 is 5.78 Å². The standard InChI is InChI=1S/C14H16N2O/c1-3-5-11-6-4-7-12(10-11)14(17)13-8-9-16(2)15-13/h4,6-10H,3,5H2,1-2H3. The number of aryl methyl sites for hydroxylation is 2. The maximum Gasteiger partial charge on any atom is 0.213 e. The van der Waals surface area contributed by atoms with Crippen LogP contribution >= 0.6 is 0 Å². The summed E-state index contributed by atoms with van der Waals surface area (Å²) >= 11 is 0. The normalized spacial score (nSPS) is 10.5. The van der Waals surface area contributed by atoms with Gasteiger partial charge in [0.15, 0.2) is 0 Å². The molecule has 0 fully saturated rings. The molecule has 3 nitrogen and oxygen atoms in total. The number of benzene rings is 1. The fourth-order valence-corrected chi connectivity index (χ4v) is 1.84. The highest BCUT2D eigenvalue weighted by Gasteiger charge is 2.11. The van der Waals surface area contributed by atoms with Crippen molar-refractivity contribution in [3.63, 3.8) is 0 Å². The summed E-state index contributed by atoms with van der Waals surface area (Å²) in [4.78, 5) is 12.1. The van der Waals surface area contributed by atoms with E-state index in [0.717, 1.165) is 18.4 Å². The van der Waals surface area contributed by atoms with Crippen LogP contribution in [0.5, 0.6) is 0 Å². The van der Waals surface area contributed by atoms with E-state index in [0.29, 0.717) is 5.69 Å². The zero-order valence-electron chi connectivity index (χ0n) is 10.2. The first-order chi connectivity index (χ1) is 8.20. The minimum absolute atomic E-state index is 0.0106. The Bertz CT molecular complexity index is 529. The van der Waals surface area contributed by atoms with Crippen molar-refractivity contribution in [1.29, 1.82) is 0 Å². The first kappa shape index (κ1) is 11.6. The fourth-order valence-electron chi connectivity index (χ4n) is 1.84. The van der Waals surface area contributed by atoms with Crippen LogP contribution in [0.15, 0.2) is 36.5 Å². The van der Waals surface area contributed by atoms with Crippen LogP contribution in [0.4, 0.5) is 0 Å². The molecule has 0 aliphatic heterocycles. The molecule has 0 radical (unpaired) electrons. The van der Waals surface area contributed by atoms with Gasteiger partial charge in [0.2, 0.25) is 5.78 Å². The van der Waals surface area contributed by atoms with E-state index < -0.39 is 0 Å². The minimum atomic E-state index is -0.0106. The largest absolute Gasteiger partial charge is 0.287 e. The molecule has 1 aromatic heterocycles. The number of ketones is 1. The van der Waals surface area contributed by atoms with Crippen LogP contribution in [0.25, 0.3) is 0 Å². The molecule has 1 aromatic carbocycles. The molecule has 0 amide bonds. The summed E-state index contributed by atoms with van der Waals surface area (Å²) in [5.41, 5.74) is 2.42. The Morgan fingerprint density at radius 1 is 1.35 bits per heavy atom. The van der Waals surface area contributed by atoms with Crippen molar-refractivity contribution in [2.45, 2.75) is 19.8 Å². The van der Waals surface area contributed by atoms with E-state index in [4.69, 9.17) is 0 Å². The Morgan fingerprint density at radius 3 is 2.82 bits per heavy atom. The van der Waals surface area contributed by atoms with Crippen LogP contribution in [-0.4, -0.2) is 15.6 Å². The van der Waals surface area contributed by atoms with Gasteiger partial charge in [0.05, 0.1) is 0 Å². The van der Waals surface area contributed by atoms with Crippen molar-refractivity contribution in [3.05, 3.63) is 53.3 Å². The lowest BCUT2D eigenvalue weighted by atomic mass is 10.0. The summed E-state index contributed by atoms with van der Waals surface area (Å²) in [5.74, 6) is -0.0106. The molecule has 0 aliphatic carbocycles. The summed E-state index contributed by atoms with van der Waals surface area (Å²) in [5, 5.41) is 4.13. The summed E-state index contributed by atoms with van der Waals surface area (Å²) in [7, 11) is 1.81. The maximum atomic E-state index is 12.1. The second-order valence-electron chi connectivity index (χ2n) is 4.15. The number of aromatic nitrogens is 2. The molecular weight excluding hydrogens is 212 g/mol. The lowest BCUT2D eigenvalue weighted by Crippen LogP contribution is -2.04. The van der Waals surface area contributed by atoms with E-state index in [1.807, 2.05) is 25.2 Å². The zero-order valence-corrected chi connectivity index (χ0v) is 10.2. The molecule has 0 bridgehead atoms. The Morgan fingerprint density at radius 2 is 2.18 bits per heavy atom. The molecule has 3 heteroatoms. The monoisotopic (exact) mass is 228 g/mol. The third kappa shape index (κ3) is 2.61. The number of carbonyl (C=O) groups is 1. The Balaban J connectivity index is 2.27. The first-order valence-electron chi connectivity index (χ1n) is 5.84. The molecule has 0 saturated heterocycles. The zero-order chi connectivity index (χ0) is 12.3. The van der Waals surface area contributed by atoms with Crippen LogP contribution in [0, 0.1) is 0 Å². The summed E-state index contributed by atoms with van der Waals surface area (Å²) in [6.07, 6.45) is 3.87. The van der Waals surface area contributed by atoms with Gasteiger partial charge < -0.3 is 0 Å². The molecule has 2 aromatic rings. The van der Waals surface area contributed by atoms with Crippen molar-refractivity contribution in [2.24, 2.45) is 7.05 Å². The smallest absolute Gasteiger partial charge is 0.213 e. The summed E-state index contributed by atoms with van der Waals surface area (Å²) < 4.78 is 1.64. The van der Waals surface area contributed by atoms with Gasteiger partial charge in [-0.05, 0) is 24.1 Å². The Hall–Kier alpha value is -1.90. The molecule has 1 heterocycles. The second kappa shape index (κ2) is 4.95. The number of hydrogen-bond donors (Lipinski definition) is 0. The molecule has 17 heavy (non-hydrogen) atoms. The van der Waals surface area contributed by atoms with E-state index in [-0.39, 0.29) is 5.78 Å². The van der Waals surface area contributed by atoms with Crippen LogP contribution in [-0.2, 0) is 13.5 Å². The highest BCUT2D eigenvalue weighted by Crippen LogP contribution is 2.11. The third-order valence-electron chi connectivity index (χ3n) is 2.67. The molecule has 2 rings (SSSR count). The van der Waals surface area contributed by atoms with Gasteiger partial charge in [-0.3, -0.25) is 9.48 Å². The van der Waals surface area contributed by atoms with Crippen LogP contribution in [0.3, 0.4) is 0 Å². The summed E-state index contributed by atoms with van der Waals surface area (Å²) in [6.45, 7) is 2.13. The lowest BCUT2D eigenvalue weighted by Gasteiger charge is -2.02. The highest BCUT2D eigenvalue weighted by molar-refractivity contribution is 6.07. The van der Waals surface area contributed by atoms with Crippen LogP contribution in [0.1, 0.15) is 35.0 Å². The van der Waals surface area contributed by atoms with E-state index in [2.05, 4.69) is 18.1 Å². The molecule has 0 aliphatic rings. The fraction of sp³-hybridized carbons (Fsp3) is 0.286. The van der Waals surface area contributed by atoms with Gasteiger partial charge in [0.1, 0.15) is 5.69 Å². The van der Waals surface area contributed by atoms with Gasteiger partial charge in [0, 0.05) is 18.8 Å². The number of rotatable bonds is 4. The first-order valence-corrected chi connectivity index (χ1v) is 5.84. The SMILES string of the molecule is CCCc1cccc(C(=O)c2ccn(C)n2)c1. The highest BCUT2D eigenvalue weighted by atomic mass is 16.1. The van der Waals surface area contributed by atoms with Gasteiger partial charge in [-0.15, -0.1) is 0 Å². The van der Waals surface area contributed by atoms with Gasteiger partial charge in [-0.1, -0.05) is 31.5 Å². The number of carbonyl (C=O) groups excluding carboxylic acids is 1. The van der Waals surface area contributed by atoms with Crippen molar-refractivity contribution in [1.82, 2.24) is 9.78 Å². The molecule has 0 saturated carbocycles. The van der Waals surface area contributed by atoms with Crippen molar-refractivity contribution in [2.75, 3.05) is 0 Å². The molecule has 0 atom stereocenters. The van der Waals surface area contributed by atoms with Gasteiger partial charge in [-0.2, -0.15) is 5.10 Å². The van der Waals surface area contributed by atoms with E-state index in [1.54, 1.807) is 16.9 Å². The maximum absolute atomic E-state index is 12.1. The van der Waals surface area contributed by atoms with E-state index in [1.165, 1.54) is 5.56 Å². The predicted molar refractivity (Wildman–Crippen MR) is 67.1 cm³/mol. The second-order valence-corrected chi connectivity index (χ2v) is 4.15. The molecule has 88 valence electrons.